The van der Waals surface area contributed by atoms with Crippen LogP contribution in [0.25, 0.3) is 0 Å². The van der Waals surface area contributed by atoms with Crippen LogP contribution in [0.15, 0.2) is 42.2 Å². The number of aromatic hydroxyl groups is 1. The highest BCUT2D eigenvalue weighted by atomic mass is 16.3. The van der Waals surface area contributed by atoms with E-state index in [-0.39, 0.29) is 22.8 Å². The number of piperidine rings is 1. The number of benzene rings is 1. The average Bonchev–Trinajstić information content (AvgIpc) is 3.66. The molecule has 5 nitrogen and oxygen atoms in total. The van der Waals surface area contributed by atoms with E-state index in [1.807, 2.05) is 31.5 Å². The summed E-state index contributed by atoms with van der Waals surface area (Å²) < 4.78 is 0. The van der Waals surface area contributed by atoms with E-state index >= 15 is 0 Å². The number of likely N-dealkylation sites (N-methyl/N-ethyl adjacent to an activating group) is 1. The summed E-state index contributed by atoms with van der Waals surface area (Å²) in [6.45, 7) is 4.88. The maximum Gasteiger partial charge on any atom is 0.269 e. The molecule has 186 valence electrons. The van der Waals surface area contributed by atoms with Crippen molar-refractivity contribution in [1.82, 2.24) is 15.1 Å². The largest absolute Gasteiger partial charge is 0.508 e. The molecular weight excluding hydrogens is 434 g/mol. The molecule has 4 aliphatic carbocycles. The monoisotopic (exact) mass is 473 g/mol. The maximum atomic E-state index is 13.6. The zero-order valence-corrected chi connectivity index (χ0v) is 21.2. The molecule has 2 N–H and O–H groups in total. The molecule has 0 aromatic heterocycles. The van der Waals surface area contributed by atoms with Crippen molar-refractivity contribution in [2.75, 3.05) is 20.1 Å². The number of nitrogens with one attached hydrogen (secondary N) is 1. The van der Waals surface area contributed by atoms with Gasteiger partial charge < -0.3 is 15.3 Å². The SMILES string of the molecule is C[C@H]1CC23CCC(N(C)C(=O)C4=CCC=CN4)C1C21CCN(CC2CC2)C3Cc2ccc(O)cc21. The Morgan fingerprint density at radius 1 is 1.26 bits per heavy atom. The molecule has 1 saturated heterocycles. The fraction of sp³-hybridized carbons (Fsp3) is 0.633. The molecule has 7 rings (SSSR count). The van der Waals surface area contributed by atoms with Crippen LogP contribution in [-0.4, -0.2) is 53.0 Å². The molecule has 4 bridgehead atoms. The van der Waals surface area contributed by atoms with E-state index in [4.69, 9.17) is 0 Å². The van der Waals surface area contributed by atoms with Gasteiger partial charge >= 0.3 is 0 Å². The number of rotatable bonds is 4. The molecule has 6 atom stereocenters. The molecule has 1 aromatic rings. The minimum absolute atomic E-state index is 0.0508. The van der Waals surface area contributed by atoms with Crippen LogP contribution in [0, 0.1) is 23.2 Å². The molecule has 3 saturated carbocycles. The molecule has 2 aliphatic heterocycles. The quantitative estimate of drug-likeness (QED) is 0.684. The van der Waals surface area contributed by atoms with Crippen molar-refractivity contribution in [2.24, 2.45) is 23.2 Å². The highest BCUT2D eigenvalue weighted by molar-refractivity contribution is 5.93. The van der Waals surface area contributed by atoms with Gasteiger partial charge in [-0.25, -0.2) is 0 Å². The molecular formula is C30H39N3O2. The first-order valence-electron chi connectivity index (χ1n) is 13.9. The second-order valence-electron chi connectivity index (χ2n) is 12.5. The number of phenolic OH excluding ortho intramolecular Hbond substituents is 1. The molecule has 5 heteroatoms. The Hall–Kier alpha value is -2.27. The second-order valence-corrected chi connectivity index (χ2v) is 12.5. The van der Waals surface area contributed by atoms with Gasteiger partial charge in [-0.05, 0) is 111 Å². The van der Waals surface area contributed by atoms with Crippen molar-refractivity contribution in [2.45, 2.75) is 75.8 Å². The van der Waals surface area contributed by atoms with E-state index in [2.05, 4.69) is 34.2 Å². The van der Waals surface area contributed by atoms with Crippen molar-refractivity contribution in [3.05, 3.63) is 53.4 Å². The molecule has 4 fully saturated rings. The molecule has 6 aliphatic rings. The lowest BCUT2D eigenvalue weighted by molar-refractivity contribution is -0.138. The number of phenols is 1. The summed E-state index contributed by atoms with van der Waals surface area (Å²) in [6, 6.07) is 7.03. The maximum absolute atomic E-state index is 13.6. The number of allylic oxidation sites excluding steroid dienone is 2. The van der Waals surface area contributed by atoms with Crippen LogP contribution in [0.5, 0.6) is 5.75 Å². The number of carbonyl (C=O) groups is 1. The van der Waals surface area contributed by atoms with E-state index in [9.17, 15) is 9.90 Å². The predicted octanol–water partition coefficient (Wildman–Crippen LogP) is 4.32. The minimum Gasteiger partial charge on any atom is -0.508 e. The number of dihydropyridines is 1. The van der Waals surface area contributed by atoms with Crippen LogP contribution >= 0.6 is 0 Å². The van der Waals surface area contributed by atoms with Crippen LogP contribution in [-0.2, 0) is 16.6 Å². The van der Waals surface area contributed by atoms with Gasteiger partial charge in [0.05, 0.1) is 0 Å². The lowest BCUT2D eigenvalue weighted by Crippen LogP contribution is -2.70. The number of likely N-dealkylation sites (tertiary alicyclic amines) is 1. The topological polar surface area (TPSA) is 55.8 Å². The van der Waals surface area contributed by atoms with Crippen molar-refractivity contribution < 1.29 is 9.90 Å². The van der Waals surface area contributed by atoms with Crippen molar-refractivity contribution in [1.29, 1.82) is 0 Å². The lowest BCUT2D eigenvalue weighted by atomic mass is 9.43. The van der Waals surface area contributed by atoms with Gasteiger partial charge in [0.1, 0.15) is 11.4 Å². The Balaban J connectivity index is 1.33. The standard InChI is InChI=1S/C30H39N3O2/c1-19-17-29-11-10-25(32(2)28(35)24-5-3-4-13-31-24)27(19)30(29)12-14-33(18-20-6-7-20)26(29)15-21-8-9-22(34)16-23(21)30/h4-5,8-9,13,16,19-20,25-27,31,34H,3,6-7,10-12,14-15,17-18H2,1-2H3/t19-,25?,26?,27?,29?,30?/m0/s1. The first-order chi connectivity index (χ1) is 16.9. The number of hydrogen-bond acceptors (Lipinski definition) is 4. The third-order valence-corrected chi connectivity index (χ3v) is 11.0. The fourth-order valence-corrected chi connectivity index (χ4v) is 9.67. The summed E-state index contributed by atoms with van der Waals surface area (Å²) in [5.74, 6) is 2.41. The van der Waals surface area contributed by atoms with Gasteiger partial charge in [-0.3, -0.25) is 9.69 Å². The first-order valence-corrected chi connectivity index (χ1v) is 13.9. The van der Waals surface area contributed by atoms with Crippen LogP contribution in [0.2, 0.25) is 0 Å². The second kappa shape index (κ2) is 7.61. The average molecular weight is 474 g/mol. The Morgan fingerprint density at radius 3 is 2.89 bits per heavy atom. The van der Waals surface area contributed by atoms with Crippen molar-refractivity contribution in [3.63, 3.8) is 0 Å². The molecule has 0 radical (unpaired) electrons. The van der Waals surface area contributed by atoms with Gasteiger partial charge in [0.2, 0.25) is 0 Å². The summed E-state index contributed by atoms with van der Waals surface area (Å²) >= 11 is 0. The number of amides is 1. The van der Waals surface area contributed by atoms with Crippen molar-refractivity contribution in [3.8, 4) is 5.75 Å². The van der Waals surface area contributed by atoms with Crippen LogP contribution < -0.4 is 5.32 Å². The molecule has 1 aromatic carbocycles. The zero-order chi connectivity index (χ0) is 23.9. The van der Waals surface area contributed by atoms with Gasteiger partial charge in [0.25, 0.3) is 5.91 Å². The zero-order valence-electron chi connectivity index (χ0n) is 21.2. The highest BCUT2D eigenvalue weighted by Crippen LogP contribution is 2.74. The van der Waals surface area contributed by atoms with E-state index in [0.29, 0.717) is 29.3 Å². The number of fused-ring (bicyclic) bond motifs is 1. The highest BCUT2D eigenvalue weighted by Gasteiger charge is 2.73. The van der Waals surface area contributed by atoms with E-state index in [1.54, 1.807) is 0 Å². The predicted molar refractivity (Wildman–Crippen MR) is 137 cm³/mol. The molecule has 0 spiro atoms. The van der Waals surface area contributed by atoms with Crippen molar-refractivity contribution >= 4 is 5.91 Å². The Morgan fingerprint density at radius 2 is 2.11 bits per heavy atom. The van der Waals surface area contributed by atoms with Gasteiger partial charge in [-0.1, -0.05) is 25.1 Å². The summed E-state index contributed by atoms with van der Waals surface area (Å²) in [5.41, 5.74) is 3.89. The summed E-state index contributed by atoms with van der Waals surface area (Å²) in [6.07, 6.45) is 15.4. The van der Waals surface area contributed by atoms with E-state index in [1.165, 1.54) is 43.4 Å². The number of hydrogen-bond donors (Lipinski definition) is 2. The number of carbonyl (C=O) groups excluding carboxylic acids is 1. The van der Waals surface area contributed by atoms with Gasteiger partial charge in [-0.15, -0.1) is 0 Å². The van der Waals surface area contributed by atoms with E-state index < -0.39 is 0 Å². The molecule has 35 heavy (non-hydrogen) atoms. The van der Waals surface area contributed by atoms with Crippen LogP contribution in [0.1, 0.15) is 63.0 Å². The third-order valence-electron chi connectivity index (χ3n) is 11.0. The van der Waals surface area contributed by atoms with Gasteiger partial charge in [0.15, 0.2) is 0 Å². The van der Waals surface area contributed by atoms with E-state index in [0.717, 1.165) is 38.1 Å². The summed E-state index contributed by atoms with van der Waals surface area (Å²) in [7, 11) is 2.04. The molecule has 5 unspecified atom stereocenters. The summed E-state index contributed by atoms with van der Waals surface area (Å²) in [5, 5.41) is 13.8. The Labute approximate surface area is 209 Å². The molecule has 2 heterocycles. The fourth-order valence-electron chi connectivity index (χ4n) is 9.67. The Kier molecular flexibility index (Phi) is 4.78. The first kappa shape index (κ1) is 22.0. The minimum atomic E-state index is 0.0508. The molecule has 1 amide bonds. The summed E-state index contributed by atoms with van der Waals surface area (Å²) in [4.78, 5) is 18.6. The van der Waals surface area contributed by atoms with Gasteiger partial charge in [-0.2, -0.15) is 0 Å². The van der Waals surface area contributed by atoms with Crippen LogP contribution in [0.4, 0.5) is 0 Å². The lowest BCUT2D eigenvalue weighted by Gasteiger charge is -2.67. The smallest absolute Gasteiger partial charge is 0.269 e. The number of nitrogens with zero attached hydrogens (tertiary/aromatic N) is 2. The van der Waals surface area contributed by atoms with Gasteiger partial charge in [0, 0.05) is 31.1 Å². The van der Waals surface area contributed by atoms with Crippen LogP contribution in [0.3, 0.4) is 0 Å². The Bertz CT molecular complexity index is 1120. The third kappa shape index (κ3) is 2.94. The normalized spacial score (nSPS) is 39.3.